The molecule has 0 bridgehead atoms. The third kappa shape index (κ3) is 4.90. The topological polar surface area (TPSA) is 135 Å². The molecular weight excluding hydrogens is 342 g/mol. The van der Waals surface area contributed by atoms with Crippen molar-refractivity contribution in [2.75, 3.05) is 0 Å². The van der Waals surface area contributed by atoms with E-state index in [9.17, 15) is 31.0 Å². The number of aromatic hydroxyl groups is 1. The summed E-state index contributed by atoms with van der Waals surface area (Å²) in [7, 11) is -9.44. The van der Waals surface area contributed by atoms with Crippen LogP contribution in [0.2, 0.25) is 0 Å². The van der Waals surface area contributed by atoms with Crippen LogP contribution in [-0.2, 0) is 20.2 Å². The van der Waals surface area contributed by atoms with Gasteiger partial charge in [0.15, 0.2) is 0 Å². The summed E-state index contributed by atoms with van der Waals surface area (Å²) in [4.78, 5) is -1.21. The Morgan fingerprint density at radius 3 is 1.81 bits per heavy atom. The molecule has 1 N–H and O–H groups in total. The second-order valence-electron chi connectivity index (χ2n) is 3.73. The first-order chi connectivity index (χ1) is 8.59. The number of rotatable bonds is 2. The summed E-state index contributed by atoms with van der Waals surface area (Å²) in [6, 6.07) is 4.69. The Morgan fingerprint density at radius 2 is 1.33 bits per heavy atom. The molecule has 0 amide bonds. The number of benzene rings is 2. The molecule has 2 aromatic rings. The maximum Gasteiger partial charge on any atom is 1.00 e. The number of hydrogen-bond donors (Lipinski definition) is 1. The van der Waals surface area contributed by atoms with Gasteiger partial charge in [-0.15, -0.1) is 0 Å². The van der Waals surface area contributed by atoms with Gasteiger partial charge in [0.25, 0.3) is 0 Å². The zero-order chi connectivity index (χ0) is 14.4. The Balaban J connectivity index is 0.00000200. The molecule has 0 fully saturated rings. The maximum atomic E-state index is 10.8. The van der Waals surface area contributed by atoms with Gasteiger partial charge in [0.05, 0.1) is 9.79 Å². The van der Waals surface area contributed by atoms with Crippen LogP contribution >= 0.6 is 0 Å². The summed E-state index contributed by atoms with van der Waals surface area (Å²) >= 11 is 0. The van der Waals surface area contributed by atoms with Crippen LogP contribution in [-0.4, -0.2) is 31.0 Å². The maximum absolute atomic E-state index is 10.8. The zero-order valence-corrected chi connectivity index (χ0v) is 16.7. The van der Waals surface area contributed by atoms with Crippen LogP contribution in [0.4, 0.5) is 0 Å². The summed E-state index contributed by atoms with van der Waals surface area (Å²) in [6.45, 7) is 0. The van der Waals surface area contributed by atoms with Gasteiger partial charge in [-0.2, -0.15) is 0 Å². The molecule has 2 aromatic carbocycles. The summed E-state index contributed by atoms with van der Waals surface area (Å²) in [6.07, 6.45) is 0. The second-order valence-corrected chi connectivity index (χ2v) is 6.49. The Labute approximate surface area is 165 Å². The van der Waals surface area contributed by atoms with Gasteiger partial charge in [-0.25, -0.2) is 16.8 Å². The molecule has 0 saturated heterocycles. The minimum Gasteiger partial charge on any atom is -0.744 e. The standard InChI is InChI=1S/C10H8O7S2.2Na/c11-10-5-8(19(15,16)17)3-6-1-2-7(4-9(6)10)18(12,13)14;;/h1-5,11H,(H,12,13,14)(H,15,16,17);;/q;2*+1/p-2. The SMILES string of the molecule is O=S(=O)([O-])c1cc(O)c2cc(S(=O)(=O)[O-])ccc2c1.[Na+].[Na+]. The van der Waals surface area contributed by atoms with E-state index >= 15 is 0 Å². The van der Waals surface area contributed by atoms with Crippen molar-refractivity contribution < 1.29 is 90.2 Å². The fourth-order valence-corrected chi connectivity index (χ4v) is 2.61. The van der Waals surface area contributed by atoms with Gasteiger partial charge in [-0.3, -0.25) is 0 Å². The summed E-state index contributed by atoms with van der Waals surface area (Å²) in [5.41, 5.74) is 0. The molecule has 0 radical (unpaired) electrons. The van der Waals surface area contributed by atoms with Crippen molar-refractivity contribution in [3.63, 3.8) is 0 Å². The van der Waals surface area contributed by atoms with Gasteiger partial charge < -0.3 is 14.2 Å². The van der Waals surface area contributed by atoms with Crippen LogP contribution in [0.15, 0.2) is 40.1 Å². The number of hydrogen-bond acceptors (Lipinski definition) is 7. The first kappa shape index (κ1) is 21.3. The van der Waals surface area contributed by atoms with Crippen LogP contribution in [0.1, 0.15) is 0 Å². The molecule has 0 aromatic heterocycles. The number of phenols is 1. The Kier molecular flexibility index (Phi) is 7.37. The van der Waals surface area contributed by atoms with E-state index in [2.05, 4.69) is 0 Å². The quantitative estimate of drug-likeness (QED) is 0.422. The van der Waals surface area contributed by atoms with Crippen molar-refractivity contribution in [1.82, 2.24) is 0 Å². The van der Waals surface area contributed by atoms with Crippen LogP contribution in [0.3, 0.4) is 0 Å². The van der Waals surface area contributed by atoms with E-state index in [1.165, 1.54) is 0 Å². The zero-order valence-electron chi connectivity index (χ0n) is 11.1. The third-order valence-electron chi connectivity index (χ3n) is 2.45. The van der Waals surface area contributed by atoms with Crippen molar-refractivity contribution in [3.8, 4) is 5.75 Å². The first-order valence-electron chi connectivity index (χ1n) is 4.77. The Morgan fingerprint density at radius 1 is 0.810 bits per heavy atom. The fraction of sp³-hybridized carbons (Fsp3) is 0. The Bertz CT molecular complexity index is 876. The molecule has 0 saturated carbocycles. The van der Waals surface area contributed by atoms with Crippen LogP contribution < -0.4 is 59.1 Å². The molecule has 0 aliphatic heterocycles. The number of fused-ring (bicyclic) bond motifs is 1. The minimum absolute atomic E-state index is 0. The van der Waals surface area contributed by atoms with Gasteiger partial charge in [0.2, 0.25) is 0 Å². The molecule has 2 rings (SSSR count). The van der Waals surface area contributed by atoms with E-state index in [0.29, 0.717) is 6.07 Å². The van der Waals surface area contributed by atoms with Crippen LogP contribution in [0.25, 0.3) is 10.8 Å². The largest absolute Gasteiger partial charge is 1.00 e. The van der Waals surface area contributed by atoms with E-state index in [1.807, 2.05) is 0 Å². The summed E-state index contributed by atoms with van der Waals surface area (Å²) in [5, 5.41) is 9.69. The van der Waals surface area contributed by atoms with Crippen LogP contribution in [0.5, 0.6) is 5.75 Å². The monoisotopic (exact) mass is 348 g/mol. The van der Waals surface area contributed by atoms with E-state index < -0.39 is 35.8 Å². The molecule has 0 unspecified atom stereocenters. The summed E-state index contributed by atoms with van der Waals surface area (Å²) in [5.74, 6) is -0.600. The van der Waals surface area contributed by atoms with E-state index in [-0.39, 0.29) is 69.9 Å². The first-order valence-corrected chi connectivity index (χ1v) is 7.59. The predicted octanol–water partition coefficient (Wildman–Crippen LogP) is -5.64. The van der Waals surface area contributed by atoms with E-state index in [1.54, 1.807) is 0 Å². The molecule has 7 nitrogen and oxygen atoms in total. The fourth-order valence-electron chi connectivity index (χ4n) is 1.59. The average molecular weight is 348 g/mol. The molecule has 0 aliphatic carbocycles. The molecule has 0 atom stereocenters. The van der Waals surface area contributed by atoms with Crippen molar-refractivity contribution >= 4 is 31.0 Å². The molecule has 102 valence electrons. The Hall–Kier alpha value is 0.320. The van der Waals surface area contributed by atoms with Crippen molar-refractivity contribution in [2.45, 2.75) is 9.79 Å². The molecule has 0 heterocycles. The summed E-state index contributed by atoms with van der Waals surface area (Å²) < 4.78 is 65.0. The minimum atomic E-state index is -4.75. The normalized spacial score (nSPS) is 11.5. The average Bonchev–Trinajstić information content (AvgIpc) is 2.26. The smallest absolute Gasteiger partial charge is 0.744 e. The van der Waals surface area contributed by atoms with E-state index in [4.69, 9.17) is 0 Å². The van der Waals surface area contributed by atoms with E-state index in [0.717, 1.165) is 24.3 Å². The second kappa shape index (κ2) is 7.26. The van der Waals surface area contributed by atoms with Crippen molar-refractivity contribution in [3.05, 3.63) is 30.3 Å². The molecule has 21 heavy (non-hydrogen) atoms. The van der Waals surface area contributed by atoms with Gasteiger partial charge in [0.1, 0.15) is 26.0 Å². The van der Waals surface area contributed by atoms with Gasteiger partial charge in [-0.05, 0) is 29.7 Å². The third-order valence-corrected chi connectivity index (χ3v) is 4.10. The molecule has 0 aliphatic rings. The molecular formula is C10H6Na2O7S2. The molecule has 0 spiro atoms. The predicted molar refractivity (Wildman–Crippen MR) is 61.5 cm³/mol. The van der Waals surface area contributed by atoms with Gasteiger partial charge in [0, 0.05) is 5.39 Å². The molecule has 11 heteroatoms. The van der Waals surface area contributed by atoms with Crippen LogP contribution in [0, 0.1) is 0 Å². The van der Waals surface area contributed by atoms with Crippen molar-refractivity contribution in [1.29, 1.82) is 0 Å². The number of phenolic OH excluding ortho intramolecular Hbond substituents is 1. The van der Waals surface area contributed by atoms with Gasteiger partial charge >= 0.3 is 59.1 Å². The van der Waals surface area contributed by atoms with Crippen molar-refractivity contribution in [2.24, 2.45) is 0 Å². The van der Waals surface area contributed by atoms with Gasteiger partial charge in [-0.1, -0.05) is 6.07 Å².